The molecule has 4 heterocycles. The summed E-state index contributed by atoms with van der Waals surface area (Å²) in [7, 11) is 0. The van der Waals surface area contributed by atoms with Gasteiger partial charge in [0.25, 0.3) is 0 Å². The summed E-state index contributed by atoms with van der Waals surface area (Å²) in [6, 6.07) is 9.62. The molecule has 1 amide bonds. The van der Waals surface area contributed by atoms with E-state index in [0.29, 0.717) is 6.54 Å². The van der Waals surface area contributed by atoms with Crippen molar-refractivity contribution < 1.29 is 4.79 Å². The third kappa shape index (κ3) is 4.93. The first kappa shape index (κ1) is 20.9. The predicted molar refractivity (Wildman–Crippen MR) is 126 cm³/mol. The SMILES string of the molecule is O=C(CN1CCN(c2nc(N3CCCC3)nc(N3CCCC3)n2)CC1)Nc1ccccc1. The summed E-state index contributed by atoms with van der Waals surface area (Å²) in [4.78, 5) is 36.0. The Hall–Kier alpha value is -2.94. The number of piperazine rings is 1. The van der Waals surface area contributed by atoms with Gasteiger partial charge in [0.1, 0.15) is 0 Å². The number of carbonyl (C=O) groups is 1. The summed E-state index contributed by atoms with van der Waals surface area (Å²) in [6.45, 7) is 7.72. The van der Waals surface area contributed by atoms with E-state index in [2.05, 4.69) is 24.9 Å². The highest BCUT2D eigenvalue weighted by Crippen LogP contribution is 2.24. The molecule has 0 aliphatic carbocycles. The predicted octanol–water partition coefficient (Wildman–Crippen LogP) is 1.83. The maximum atomic E-state index is 12.4. The van der Waals surface area contributed by atoms with E-state index in [0.717, 1.165) is 75.9 Å². The molecule has 0 atom stereocenters. The van der Waals surface area contributed by atoms with Gasteiger partial charge in [0, 0.05) is 58.0 Å². The fourth-order valence-corrected chi connectivity index (χ4v) is 4.63. The van der Waals surface area contributed by atoms with E-state index in [4.69, 9.17) is 15.0 Å². The van der Waals surface area contributed by atoms with Crippen LogP contribution in [0, 0.1) is 0 Å². The molecule has 3 fully saturated rings. The first-order valence-electron chi connectivity index (χ1n) is 11.8. The third-order valence-corrected chi connectivity index (χ3v) is 6.46. The molecule has 3 aliphatic heterocycles. The Balaban J connectivity index is 1.23. The van der Waals surface area contributed by atoms with Gasteiger partial charge in [-0.05, 0) is 37.8 Å². The number of hydrogen-bond donors (Lipinski definition) is 1. The number of para-hydroxylation sites is 1. The van der Waals surface area contributed by atoms with Gasteiger partial charge in [-0.25, -0.2) is 0 Å². The molecule has 1 aromatic heterocycles. The molecule has 0 bridgehead atoms. The van der Waals surface area contributed by atoms with Gasteiger partial charge in [0.05, 0.1) is 6.54 Å². The van der Waals surface area contributed by atoms with Gasteiger partial charge < -0.3 is 20.0 Å². The van der Waals surface area contributed by atoms with Crippen molar-refractivity contribution in [3.63, 3.8) is 0 Å². The zero-order valence-electron chi connectivity index (χ0n) is 18.6. The maximum absolute atomic E-state index is 12.4. The average molecular weight is 437 g/mol. The lowest BCUT2D eigenvalue weighted by Gasteiger charge is -2.34. The number of aromatic nitrogens is 3. The maximum Gasteiger partial charge on any atom is 0.238 e. The van der Waals surface area contributed by atoms with E-state index in [1.165, 1.54) is 25.7 Å². The lowest BCUT2D eigenvalue weighted by atomic mass is 10.3. The number of amides is 1. The Morgan fingerprint density at radius 3 is 1.66 bits per heavy atom. The van der Waals surface area contributed by atoms with E-state index in [-0.39, 0.29) is 5.91 Å². The summed E-state index contributed by atoms with van der Waals surface area (Å²) >= 11 is 0. The number of hydrogen-bond acceptors (Lipinski definition) is 8. The summed E-state index contributed by atoms with van der Waals surface area (Å²) in [5.41, 5.74) is 0.838. The molecule has 1 aromatic carbocycles. The van der Waals surface area contributed by atoms with Crippen molar-refractivity contribution in [2.24, 2.45) is 0 Å². The molecule has 9 heteroatoms. The monoisotopic (exact) mass is 436 g/mol. The molecule has 0 saturated carbocycles. The van der Waals surface area contributed by atoms with Crippen LogP contribution >= 0.6 is 0 Å². The van der Waals surface area contributed by atoms with Gasteiger partial charge in [0.15, 0.2) is 0 Å². The van der Waals surface area contributed by atoms with Crippen LogP contribution in [0.1, 0.15) is 25.7 Å². The largest absolute Gasteiger partial charge is 0.341 e. The van der Waals surface area contributed by atoms with Crippen LogP contribution in [0.5, 0.6) is 0 Å². The molecule has 0 radical (unpaired) electrons. The van der Waals surface area contributed by atoms with E-state index in [9.17, 15) is 4.79 Å². The van der Waals surface area contributed by atoms with Crippen LogP contribution in [-0.4, -0.2) is 84.7 Å². The lowest BCUT2D eigenvalue weighted by Crippen LogP contribution is -2.49. The van der Waals surface area contributed by atoms with Crippen LogP contribution in [0.15, 0.2) is 30.3 Å². The Morgan fingerprint density at radius 1 is 0.688 bits per heavy atom. The summed E-state index contributed by atoms with van der Waals surface area (Å²) in [5.74, 6) is 2.44. The van der Waals surface area contributed by atoms with Gasteiger partial charge >= 0.3 is 0 Å². The molecule has 3 aliphatic rings. The van der Waals surface area contributed by atoms with E-state index < -0.39 is 0 Å². The molecule has 2 aromatic rings. The molecule has 9 nitrogen and oxygen atoms in total. The van der Waals surface area contributed by atoms with Gasteiger partial charge in [0.2, 0.25) is 23.8 Å². The minimum absolute atomic E-state index is 0.0254. The molecule has 32 heavy (non-hydrogen) atoms. The van der Waals surface area contributed by atoms with Crippen LogP contribution in [-0.2, 0) is 4.79 Å². The second-order valence-corrected chi connectivity index (χ2v) is 8.80. The van der Waals surface area contributed by atoms with Crippen LogP contribution in [0.25, 0.3) is 0 Å². The van der Waals surface area contributed by atoms with Crippen LogP contribution in [0.3, 0.4) is 0 Å². The molecular formula is C23H32N8O. The Kier molecular flexibility index (Phi) is 6.34. The van der Waals surface area contributed by atoms with Gasteiger partial charge in [-0.3, -0.25) is 9.69 Å². The van der Waals surface area contributed by atoms with Crippen molar-refractivity contribution in [2.45, 2.75) is 25.7 Å². The summed E-state index contributed by atoms with van der Waals surface area (Å²) in [6.07, 6.45) is 4.79. The minimum Gasteiger partial charge on any atom is -0.341 e. The zero-order chi connectivity index (χ0) is 21.8. The third-order valence-electron chi connectivity index (χ3n) is 6.46. The number of benzene rings is 1. The number of nitrogens with zero attached hydrogens (tertiary/aromatic N) is 7. The van der Waals surface area contributed by atoms with Crippen LogP contribution < -0.4 is 20.0 Å². The van der Waals surface area contributed by atoms with Crippen molar-refractivity contribution in [3.8, 4) is 0 Å². The molecule has 3 saturated heterocycles. The fourth-order valence-electron chi connectivity index (χ4n) is 4.63. The van der Waals surface area contributed by atoms with Crippen LogP contribution in [0.2, 0.25) is 0 Å². The fraction of sp³-hybridized carbons (Fsp3) is 0.565. The number of nitrogens with one attached hydrogen (secondary N) is 1. The zero-order valence-corrected chi connectivity index (χ0v) is 18.6. The number of carbonyl (C=O) groups excluding carboxylic acids is 1. The highest BCUT2D eigenvalue weighted by Gasteiger charge is 2.26. The van der Waals surface area contributed by atoms with E-state index in [1.54, 1.807) is 0 Å². The van der Waals surface area contributed by atoms with Crippen molar-refractivity contribution >= 4 is 29.4 Å². The number of anilines is 4. The number of rotatable bonds is 6. The summed E-state index contributed by atoms with van der Waals surface area (Å²) < 4.78 is 0. The molecule has 0 unspecified atom stereocenters. The van der Waals surface area contributed by atoms with Crippen molar-refractivity contribution in [1.29, 1.82) is 0 Å². The van der Waals surface area contributed by atoms with E-state index >= 15 is 0 Å². The Morgan fingerprint density at radius 2 is 1.16 bits per heavy atom. The standard InChI is InChI=1S/C23H32N8O/c32-20(24-19-8-2-1-3-9-19)18-28-14-16-31(17-15-28)23-26-21(29-10-4-5-11-29)25-22(27-23)30-12-6-7-13-30/h1-3,8-9H,4-7,10-18H2,(H,24,32). The topological polar surface area (TPSA) is 80.7 Å². The molecule has 170 valence electrons. The van der Waals surface area contributed by atoms with Crippen molar-refractivity contribution in [1.82, 2.24) is 19.9 Å². The van der Waals surface area contributed by atoms with Crippen molar-refractivity contribution in [3.05, 3.63) is 30.3 Å². The quantitative estimate of drug-likeness (QED) is 0.735. The second-order valence-electron chi connectivity index (χ2n) is 8.80. The normalized spacial score (nSPS) is 19.6. The molecule has 5 rings (SSSR count). The minimum atomic E-state index is 0.0254. The van der Waals surface area contributed by atoms with Gasteiger partial charge in [-0.15, -0.1) is 0 Å². The highest BCUT2D eigenvalue weighted by atomic mass is 16.2. The highest BCUT2D eigenvalue weighted by molar-refractivity contribution is 5.92. The smallest absolute Gasteiger partial charge is 0.238 e. The van der Waals surface area contributed by atoms with Crippen LogP contribution in [0.4, 0.5) is 23.5 Å². The van der Waals surface area contributed by atoms with Gasteiger partial charge in [-0.2, -0.15) is 15.0 Å². The average Bonchev–Trinajstić information content (AvgIpc) is 3.55. The Bertz CT molecular complexity index is 869. The molecule has 1 N–H and O–H groups in total. The Labute approximate surface area is 189 Å². The first-order chi connectivity index (χ1) is 15.7. The second kappa shape index (κ2) is 9.68. The lowest BCUT2D eigenvalue weighted by molar-refractivity contribution is -0.117. The van der Waals surface area contributed by atoms with E-state index in [1.807, 2.05) is 30.3 Å². The van der Waals surface area contributed by atoms with Gasteiger partial charge in [-0.1, -0.05) is 18.2 Å². The van der Waals surface area contributed by atoms with Crippen molar-refractivity contribution in [2.75, 3.05) is 78.9 Å². The summed E-state index contributed by atoms with van der Waals surface area (Å²) in [5, 5.41) is 2.97. The molecule has 0 spiro atoms. The molecular weight excluding hydrogens is 404 g/mol. The first-order valence-corrected chi connectivity index (χ1v) is 11.8.